The van der Waals surface area contributed by atoms with Crippen LogP contribution in [0, 0.1) is 0 Å². The molecule has 0 radical (unpaired) electrons. The summed E-state index contributed by atoms with van der Waals surface area (Å²) in [6.45, 7) is 2.85. The van der Waals surface area contributed by atoms with Crippen LogP contribution in [0.5, 0.6) is 0 Å². The molecule has 0 unspecified atom stereocenters. The van der Waals surface area contributed by atoms with Gasteiger partial charge in [-0.05, 0) is 45.5 Å². The molecule has 3 nitrogen and oxygen atoms in total. The number of carboxylic acids is 1. The predicted octanol–water partition coefficient (Wildman–Crippen LogP) is 6.56. The van der Waals surface area contributed by atoms with Crippen molar-refractivity contribution < 1.29 is 9.90 Å². The molecule has 0 aromatic heterocycles. The molecule has 1 aromatic rings. The van der Waals surface area contributed by atoms with Gasteiger partial charge in [0, 0.05) is 6.42 Å². The first-order chi connectivity index (χ1) is 13.1. The summed E-state index contributed by atoms with van der Waals surface area (Å²) in [6, 6.07) is 10.9. The van der Waals surface area contributed by atoms with Crippen molar-refractivity contribution in [1.29, 1.82) is 0 Å². The fraction of sp³-hybridized carbons (Fsp3) is 0.708. The molecule has 0 aliphatic rings. The highest BCUT2D eigenvalue weighted by atomic mass is 16.4. The van der Waals surface area contributed by atoms with Gasteiger partial charge in [0.15, 0.2) is 0 Å². The van der Waals surface area contributed by atoms with Gasteiger partial charge in [-0.2, -0.15) is 0 Å². The van der Waals surface area contributed by atoms with Crippen LogP contribution in [0.15, 0.2) is 30.3 Å². The Morgan fingerprint density at radius 3 is 1.59 bits per heavy atom. The van der Waals surface area contributed by atoms with Gasteiger partial charge in [-0.25, -0.2) is 0 Å². The number of nitrogens with zero attached hydrogens (tertiary/aromatic N) is 1. The summed E-state index contributed by atoms with van der Waals surface area (Å²) in [7, 11) is 4.33. The van der Waals surface area contributed by atoms with Crippen LogP contribution in [0.1, 0.15) is 89.5 Å². The maximum absolute atomic E-state index is 9.37. The SMILES string of the molecule is CCC(=O)O.CN(C)CCCCCCCCCCCCCc1ccccc1. The van der Waals surface area contributed by atoms with E-state index in [9.17, 15) is 4.79 Å². The molecule has 0 atom stereocenters. The Hall–Kier alpha value is -1.35. The minimum Gasteiger partial charge on any atom is -0.481 e. The van der Waals surface area contributed by atoms with Gasteiger partial charge < -0.3 is 10.0 Å². The first-order valence-electron chi connectivity index (χ1n) is 11.0. The Labute approximate surface area is 168 Å². The molecule has 0 saturated heterocycles. The summed E-state index contributed by atoms with van der Waals surface area (Å²) in [5.74, 6) is -0.745. The molecule has 0 heterocycles. The zero-order valence-electron chi connectivity index (χ0n) is 18.1. The monoisotopic (exact) mass is 377 g/mol. The van der Waals surface area contributed by atoms with Crippen LogP contribution >= 0.6 is 0 Å². The van der Waals surface area contributed by atoms with Crippen LogP contribution in [0.4, 0.5) is 0 Å². The molecule has 27 heavy (non-hydrogen) atoms. The van der Waals surface area contributed by atoms with Crippen LogP contribution in [-0.2, 0) is 11.2 Å². The second-order valence-electron chi connectivity index (χ2n) is 7.68. The third kappa shape index (κ3) is 20.8. The van der Waals surface area contributed by atoms with Crippen molar-refractivity contribution in [3.05, 3.63) is 35.9 Å². The number of unbranched alkanes of at least 4 members (excludes halogenated alkanes) is 10. The molecule has 0 aliphatic heterocycles. The lowest BCUT2D eigenvalue weighted by Gasteiger charge is -2.08. The van der Waals surface area contributed by atoms with Crippen LogP contribution in [0.25, 0.3) is 0 Å². The average molecular weight is 378 g/mol. The smallest absolute Gasteiger partial charge is 0.303 e. The Morgan fingerprint density at radius 1 is 0.778 bits per heavy atom. The molecule has 3 heteroatoms. The normalized spacial score (nSPS) is 10.5. The largest absolute Gasteiger partial charge is 0.481 e. The lowest BCUT2D eigenvalue weighted by molar-refractivity contribution is -0.136. The van der Waals surface area contributed by atoms with Gasteiger partial charge >= 0.3 is 5.97 Å². The second kappa shape index (κ2) is 19.4. The number of rotatable bonds is 15. The first-order valence-corrected chi connectivity index (χ1v) is 11.0. The van der Waals surface area contributed by atoms with E-state index in [2.05, 4.69) is 49.3 Å². The van der Waals surface area contributed by atoms with Gasteiger partial charge in [0.05, 0.1) is 0 Å². The van der Waals surface area contributed by atoms with Gasteiger partial charge in [-0.1, -0.05) is 95.0 Å². The first kappa shape index (κ1) is 25.6. The minimum absolute atomic E-state index is 0.222. The van der Waals surface area contributed by atoms with E-state index in [0.29, 0.717) is 0 Å². The molecule has 0 fully saturated rings. The summed E-state index contributed by atoms with van der Waals surface area (Å²) in [5.41, 5.74) is 1.50. The van der Waals surface area contributed by atoms with Gasteiger partial charge in [0.1, 0.15) is 0 Å². The highest BCUT2D eigenvalue weighted by molar-refractivity contribution is 5.66. The van der Waals surface area contributed by atoms with E-state index in [1.54, 1.807) is 6.92 Å². The summed E-state index contributed by atoms with van der Waals surface area (Å²) < 4.78 is 0. The zero-order chi connectivity index (χ0) is 20.2. The summed E-state index contributed by atoms with van der Waals surface area (Å²) >= 11 is 0. The molecule has 0 spiro atoms. The Bertz CT molecular complexity index is 431. The topological polar surface area (TPSA) is 40.5 Å². The van der Waals surface area contributed by atoms with E-state index in [4.69, 9.17) is 5.11 Å². The lowest BCUT2D eigenvalue weighted by Crippen LogP contribution is -2.12. The van der Waals surface area contributed by atoms with Crippen molar-refractivity contribution in [2.75, 3.05) is 20.6 Å². The van der Waals surface area contributed by atoms with E-state index in [0.717, 1.165) is 0 Å². The maximum atomic E-state index is 9.37. The van der Waals surface area contributed by atoms with E-state index in [1.165, 1.54) is 89.2 Å². The van der Waals surface area contributed by atoms with Gasteiger partial charge in [-0.3, -0.25) is 4.79 Å². The molecular weight excluding hydrogens is 334 g/mol. The van der Waals surface area contributed by atoms with Gasteiger partial charge in [0.25, 0.3) is 0 Å². The van der Waals surface area contributed by atoms with Crippen molar-refractivity contribution in [2.24, 2.45) is 0 Å². The zero-order valence-corrected chi connectivity index (χ0v) is 18.1. The summed E-state index contributed by atoms with van der Waals surface area (Å²) in [4.78, 5) is 11.7. The van der Waals surface area contributed by atoms with Crippen molar-refractivity contribution in [3.8, 4) is 0 Å². The second-order valence-corrected chi connectivity index (χ2v) is 7.68. The third-order valence-corrected chi connectivity index (χ3v) is 4.72. The highest BCUT2D eigenvalue weighted by Gasteiger charge is 1.95. The molecular formula is C24H43NO2. The third-order valence-electron chi connectivity index (χ3n) is 4.72. The number of hydrogen-bond donors (Lipinski definition) is 1. The molecule has 1 aromatic carbocycles. The molecule has 0 saturated carbocycles. The molecule has 0 amide bonds. The Morgan fingerprint density at radius 2 is 1.19 bits per heavy atom. The van der Waals surface area contributed by atoms with Crippen LogP contribution in [0.2, 0.25) is 0 Å². The Balaban J connectivity index is 0.00000119. The van der Waals surface area contributed by atoms with Crippen LogP contribution in [-0.4, -0.2) is 36.6 Å². The Kier molecular flexibility index (Phi) is 18.4. The number of carboxylic acid groups (broad SMARTS) is 1. The van der Waals surface area contributed by atoms with Crippen molar-refractivity contribution in [1.82, 2.24) is 4.90 Å². The fourth-order valence-corrected chi connectivity index (χ4v) is 2.99. The van der Waals surface area contributed by atoms with Gasteiger partial charge in [-0.15, -0.1) is 0 Å². The van der Waals surface area contributed by atoms with Gasteiger partial charge in [0.2, 0.25) is 0 Å². The minimum atomic E-state index is -0.745. The number of carbonyl (C=O) groups is 1. The van der Waals surface area contributed by atoms with Crippen molar-refractivity contribution >= 4 is 5.97 Å². The number of benzene rings is 1. The van der Waals surface area contributed by atoms with Crippen molar-refractivity contribution in [3.63, 3.8) is 0 Å². The highest BCUT2D eigenvalue weighted by Crippen LogP contribution is 2.12. The molecule has 1 rings (SSSR count). The quantitative estimate of drug-likeness (QED) is 0.352. The number of aliphatic carboxylic acids is 1. The lowest BCUT2D eigenvalue weighted by atomic mass is 10.0. The molecule has 156 valence electrons. The maximum Gasteiger partial charge on any atom is 0.303 e. The number of hydrogen-bond acceptors (Lipinski definition) is 2. The standard InChI is InChI=1S/C21H37N.C3H6O2/c1-22(2)20-16-11-9-7-5-3-4-6-8-10-13-17-21-18-14-12-15-19-21;1-2-3(4)5/h12,14-15,18-19H,3-11,13,16-17,20H2,1-2H3;2H2,1H3,(H,4,5). The molecule has 0 bridgehead atoms. The summed E-state index contributed by atoms with van der Waals surface area (Å²) in [6.07, 6.45) is 17.1. The average Bonchev–Trinajstić information content (AvgIpc) is 2.66. The van der Waals surface area contributed by atoms with Crippen LogP contribution in [0.3, 0.4) is 0 Å². The van der Waals surface area contributed by atoms with E-state index >= 15 is 0 Å². The number of aryl methyl sites for hydroxylation is 1. The predicted molar refractivity (Wildman–Crippen MR) is 117 cm³/mol. The van der Waals surface area contributed by atoms with E-state index in [1.807, 2.05) is 0 Å². The fourth-order valence-electron chi connectivity index (χ4n) is 2.99. The van der Waals surface area contributed by atoms with E-state index in [-0.39, 0.29) is 6.42 Å². The molecule has 1 N–H and O–H groups in total. The summed E-state index contributed by atoms with van der Waals surface area (Å²) in [5, 5.41) is 7.72. The van der Waals surface area contributed by atoms with Crippen LogP contribution < -0.4 is 0 Å². The van der Waals surface area contributed by atoms with E-state index < -0.39 is 5.97 Å². The molecule has 0 aliphatic carbocycles. The van der Waals surface area contributed by atoms with Crippen molar-refractivity contribution in [2.45, 2.75) is 90.4 Å².